The van der Waals surface area contributed by atoms with Crippen molar-refractivity contribution in [2.45, 2.75) is 104 Å². The van der Waals surface area contributed by atoms with Gasteiger partial charge in [0.1, 0.15) is 0 Å². The highest BCUT2D eigenvalue weighted by atomic mass is 16.5. The van der Waals surface area contributed by atoms with Crippen LogP contribution in [0.15, 0.2) is 48.5 Å². The maximum absolute atomic E-state index is 12.4. The number of ketones is 1. The molecule has 33 heavy (non-hydrogen) atoms. The Hall–Kier alpha value is -2.42. The first-order valence-electron chi connectivity index (χ1n) is 13.0. The second-order valence-corrected chi connectivity index (χ2v) is 9.12. The normalized spacial score (nSPS) is 11.8. The maximum Gasteiger partial charge on any atom is 0.338 e. The van der Waals surface area contributed by atoms with Crippen molar-refractivity contribution in [3.63, 3.8) is 0 Å². The third-order valence-electron chi connectivity index (χ3n) is 6.24. The first kappa shape index (κ1) is 26.8. The molecular formula is C30H42O3. The Labute approximate surface area is 200 Å². The molecule has 0 aliphatic heterocycles. The number of Topliss-reactive ketones (excluding diaryl/α,β-unsaturated/α-hetero) is 1. The summed E-state index contributed by atoms with van der Waals surface area (Å²) < 4.78 is 5.40. The fourth-order valence-corrected chi connectivity index (χ4v) is 4.00. The number of unbranched alkanes of at least 4 members (excludes halogenated alkanes) is 8. The lowest BCUT2D eigenvalue weighted by molar-refractivity contribution is -0.127. The van der Waals surface area contributed by atoms with Crippen molar-refractivity contribution in [3.8, 4) is 11.1 Å². The quantitative estimate of drug-likeness (QED) is 0.191. The van der Waals surface area contributed by atoms with E-state index in [1.165, 1.54) is 44.1 Å². The summed E-state index contributed by atoms with van der Waals surface area (Å²) >= 11 is 0. The average Bonchev–Trinajstić information content (AvgIpc) is 2.84. The van der Waals surface area contributed by atoms with Crippen LogP contribution in [0, 0.1) is 0 Å². The zero-order valence-electron chi connectivity index (χ0n) is 20.9. The minimum absolute atomic E-state index is 0.00266. The molecule has 0 radical (unpaired) electrons. The van der Waals surface area contributed by atoms with Gasteiger partial charge in [-0.15, -0.1) is 0 Å². The van der Waals surface area contributed by atoms with Gasteiger partial charge in [0.2, 0.25) is 0 Å². The van der Waals surface area contributed by atoms with E-state index in [0.717, 1.165) is 43.2 Å². The van der Waals surface area contributed by atoms with Gasteiger partial charge in [-0.2, -0.15) is 0 Å². The van der Waals surface area contributed by atoms with Crippen LogP contribution in [-0.4, -0.2) is 17.9 Å². The fraction of sp³-hybridized carbons (Fsp3) is 0.533. The van der Waals surface area contributed by atoms with Crippen LogP contribution in [0.3, 0.4) is 0 Å². The summed E-state index contributed by atoms with van der Waals surface area (Å²) in [5.74, 6) is -0.442. The molecule has 2 aromatic carbocycles. The Morgan fingerprint density at radius 3 is 1.82 bits per heavy atom. The van der Waals surface area contributed by atoms with Gasteiger partial charge >= 0.3 is 5.97 Å². The molecule has 180 valence electrons. The number of esters is 1. The molecule has 3 heteroatoms. The number of carbonyl (C=O) groups excluding carboxylic acids is 2. The molecule has 0 spiro atoms. The molecule has 0 aliphatic rings. The zero-order valence-corrected chi connectivity index (χ0v) is 20.9. The molecule has 0 amide bonds. The largest absolute Gasteiger partial charge is 0.451 e. The van der Waals surface area contributed by atoms with E-state index >= 15 is 0 Å². The summed E-state index contributed by atoms with van der Waals surface area (Å²) in [7, 11) is 0. The van der Waals surface area contributed by atoms with Crippen LogP contribution in [0.1, 0.15) is 107 Å². The van der Waals surface area contributed by atoms with Gasteiger partial charge in [0, 0.05) is 6.42 Å². The number of aryl methyl sites for hydroxylation is 1. The van der Waals surface area contributed by atoms with Gasteiger partial charge in [-0.3, -0.25) is 4.79 Å². The monoisotopic (exact) mass is 450 g/mol. The molecule has 0 saturated carbocycles. The lowest BCUT2D eigenvalue weighted by atomic mass is 10.00. The molecule has 2 aromatic rings. The minimum atomic E-state index is -0.696. The summed E-state index contributed by atoms with van der Waals surface area (Å²) in [6, 6.07) is 16.2. The predicted molar refractivity (Wildman–Crippen MR) is 138 cm³/mol. The second kappa shape index (κ2) is 15.4. The van der Waals surface area contributed by atoms with E-state index in [1.54, 1.807) is 19.1 Å². The van der Waals surface area contributed by atoms with Gasteiger partial charge < -0.3 is 4.74 Å². The van der Waals surface area contributed by atoms with Crippen LogP contribution in [0.2, 0.25) is 0 Å². The summed E-state index contributed by atoms with van der Waals surface area (Å²) in [6.07, 6.45) is 13.0. The Morgan fingerprint density at radius 2 is 1.21 bits per heavy atom. The topological polar surface area (TPSA) is 43.4 Å². The van der Waals surface area contributed by atoms with E-state index < -0.39 is 12.1 Å². The lowest BCUT2D eigenvalue weighted by Crippen LogP contribution is -2.24. The van der Waals surface area contributed by atoms with Crippen molar-refractivity contribution >= 4 is 11.8 Å². The van der Waals surface area contributed by atoms with Crippen molar-refractivity contribution in [2.24, 2.45) is 0 Å². The van der Waals surface area contributed by atoms with Crippen molar-refractivity contribution in [1.29, 1.82) is 0 Å². The van der Waals surface area contributed by atoms with Crippen molar-refractivity contribution in [1.82, 2.24) is 0 Å². The standard InChI is InChI=1S/C30H42O3/c1-4-6-8-10-11-12-14-25-16-18-26(19-17-25)27-20-22-28(23-21-27)30(32)33-24(3)29(31)15-13-9-7-5-2/h16-24H,4-15H2,1-3H3. The van der Waals surface area contributed by atoms with Crippen molar-refractivity contribution < 1.29 is 14.3 Å². The SMILES string of the molecule is CCCCCCCCc1ccc(-c2ccc(C(=O)OC(C)C(=O)CCCCCC)cc2)cc1. The molecular weight excluding hydrogens is 408 g/mol. The van der Waals surface area contributed by atoms with Crippen molar-refractivity contribution in [3.05, 3.63) is 59.7 Å². The third kappa shape index (κ3) is 9.94. The average molecular weight is 451 g/mol. The summed E-state index contributed by atoms with van der Waals surface area (Å²) in [4.78, 5) is 24.6. The van der Waals surface area contributed by atoms with Crippen LogP contribution in [0.5, 0.6) is 0 Å². The molecule has 3 nitrogen and oxygen atoms in total. The first-order valence-corrected chi connectivity index (χ1v) is 13.0. The Balaban J connectivity index is 1.81. The number of benzene rings is 2. The van der Waals surface area contributed by atoms with Crippen LogP contribution in [-0.2, 0) is 16.0 Å². The number of rotatable bonds is 16. The summed E-state index contributed by atoms with van der Waals surface area (Å²) in [5, 5.41) is 0. The molecule has 0 heterocycles. The van der Waals surface area contributed by atoms with E-state index in [4.69, 9.17) is 4.74 Å². The van der Waals surface area contributed by atoms with E-state index in [9.17, 15) is 9.59 Å². The fourth-order valence-electron chi connectivity index (χ4n) is 4.00. The number of hydrogen-bond donors (Lipinski definition) is 0. The molecule has 0 fully saturated rings. The minimum Gasteiger partial charge on any atom is -0.451 e. The number of hydrogen-bond acceptors (Lipinski definition) is 3. The van der Waals surface area contributed by atoms with E-state index in [0.29, 0.717) is 12.0 Å². The van der Waals surface area contributed by atoms with Crippen LogP contribution >= 0.6 is 0 Å². The zero-order chi connectivity index (χ0) is 23.9. The highest BCUT2D eigenvalue weighted by Gasteiger charge is 2.18. The summed E-state index contributed by atoms with van der Waals surface area (Å²) in [6.45, 7) is 6.06. The van der Waals surface area contributed by atoms with Gasteiger partial charge in [0.25, 0.3) is 0 Å². The molecule has 0 aliphatic carbocycles. The van der Waals surface area contributed by atoms with Crippen LogP contribution < -0.4 is 0 Å². The smallest absolute Gasteiger partial charge is 0.338 e. The van der Waals surface area contributed by atoms with E-state index in [-0.39, 0.29) is 5.78 Å². The molecule has 0 N–H and O–H groups in total. The second-order valence-electron chi connectivity index (χ2n) is 9.12. The van der Waals surface area contributed by atoms with Crippen LogP contribution in [0.25, 0.3) is 11.1 Å². The number of ether oxygens (including phenoxy) is 1. The highest BCUT2D eigenvalue weighted by molar-refractivity contribution is 5.93. The summed E-state index contributed by atoms with van der Waals surface area (Å²) in [5.41, 5.74) is 4.06. The van der Waals surface area contributed by atoms with Gasteiger partial charge in [0.15, 0.2) is 11.9 Å². The van der Waals surface area contributed by atoms with Gasteiger partial charge in [-0.25, -0.2) is 4.79 Å². The Bertz CT molecular complexity index is 821. The predicted octanol–water partition coefficient (Wildman–Crippen LogP) is 8.34. The first-order chi connectivity index (χ1) is 16.0. The van der Waals surface area contributed by atoms with E-state index in [2.05, 4.69) is 38.1 Å². The van der Waals surface area contributed by atoms with E-state index in [1.807, 2.05) is 12.1 Å². The number of carbonyl (C=O) groups is 2. The van der Waals surface area contributed by atoms with Gasteiger partial charge in [-0.05, 0) is 55.0 Å². The maximum atomic E-state index is 12.4. The Morgan fingerprint density at radius 1 is 0.697 bits per heavy atom. The Kier molecular flexibility index (Phi) is 12.5. The van der Waals surface area contributed by atoms with Gasteiger partial charge in [0.05, 0.1) is 5.56 Å². The third-order valence-corrected chi connectivity index (χ3v) is 6.24. The highest BCUT2D eigenvalue weighted by Crippen LogP contribution is 2.22. The molecule has 0 saturated heterocycles. The molecule has 1 unspecified atom stereocenters. The van der Waals surface area contributed by atoms with Crippen molar-refractivity contribution in [2.75, 3.05) is 0 Å². The molecule has 2 rings (SSSR count). The molecule has 0 bridgehead atoms. The molecule has 1 atom stereocenters. The lowest BCUT2D eigenvalue weighted by Gasteiger charge is -2.12. The van der Waals surface area contributed by atoms with Crippen LogP contribution in [0.4, 0.5) is 0 Å². The molecule has 0 aromatic heterocycles. The van der Waals surface area contributed by atoms with Gasteiger partial charge in [-0.1, -0.05) is 102 Å².